The van der Waals surface area contributed by atoms with Crippen molar-refractivity contribution in [3.05, 3.63) is 89.5 Å². The molecule has 6 nitrogen and oxygen atoms in total. The summed E-state index contributed by atoms with van der Waals surface area (Å²) in [5.74, 6) is 1.47. The molecule has 2 aromatic carbocycles. The summed E-state index contributed by atoms with van der Waals surface area (Å²) in [6.45, 7) is 0. The molecule has 1 fully saturated rings. The van der Waals surface area contributed by atoms with Crippen LogP contribution < -0.4 is 15.0 Å². The molecule has 0 unspecified atom stereocenters. The Morgan fingerprint density at radius 1 is 0.973 bits per heavy atom. The normalized spacial score (nSPS) is 22.1. The lowest BCUT2D eigenvalue weighted by Crippen LogP contribution is -2.42. The van der Waals surface area contributed by atoms with Crippen molar-refractivity contribution in [3.63, 3.8) is 0 Å². The number of methoxy groups -OCH3 is 1. The van der Waals surface area contributed by atoms with E-state index in [1.165, 1.54) is 6.42 Å². The monoisotopic (exact) mass is 496 g/mol. The lowest BCUT2D eigenvalue weighted by Gasteiger charge is -2.37. The summed E-state index contributed by atoms with van der Waals surface area (Å²) in [6.07, 6.45) is 7.65. The Kier molecular flexibility index (Phi) is 6.33. The Morgan fingerprint density at radius 3 is 2.54 bits per heavy atom. The summed E-state index contributed by atoms with van der Waals surface area (Å²) in [7, 11) is 1.64. The first-order chi connectivity index (χ1) is 18.2. The quantitative estimate of drug-likeness (QED) is 0.432. The molecular formula is C31H32N2O4. The van der Waals surface area contributed by atoms with Crippen molar-refractivity contribution in [2.24, 2.45) is 5.92 Å². The highest BCUT2D eigenvalue weighted by atomic mass is 16.5. The minimum atomic E-state index is -0.582. The van der Waals surface area contributed by atoms with Gasteiger partial charge >= 0.3 is 0 Å². The Balaban J connectivity index is 1.56. The van der Waals surface area contributed by atoms with E-state index in [9.17, 15) is 9.59 Å². The van der Waals surface area contributed by atoms with Crippen LogP contribution in [0.1, 0.15) is 68.2 Å². The molecule has 2 atom stereocenters. The van der Waals surface area contributed by atoms with E-state index in [1.54, 1.807) is 13.4 Å². The van der Waals surface area contributed by atoms with Gasteiger partial charge in [-0.2, -0.15) is 0 Å². The van der Waals surface area contributed by atoms with Crippen molar-refractivity contribution in [2.75, 3.05) is 17.3 Å². The molecule has 0 radical (unpaired) electrons. The third kappa shape index (κ3) is 4.24. The number of benzene rings is 2. The van der Waals surface area contributed by atoms with E-state index >= 15 is 0 Å². The zero-order chi connectivity index (χ0) is 25.4. The van der Waals surface area contributed by atoms with Crippen molar-refractivity contribution in [3.8, 4) is 5.75 Å². The standard InChI is InChI=1S/C31H32N2O4/c1-36-28-15-8-5-12-22(28)30-29-24(18-21(19-26(29)34)27-16-9-17-37-27)32-23-13-6-7-14-25(23)33(30)31(35)20-10-3-2-4-11-20/h5-9,12-17,20-21,30,32H,2-4,10-11,18-19H2,1H3/t21-,30+/m1/s1. The van der Waals surface area contributed by atoms with Crippen molar-refractivity contribution in [2.45, 2.75) is 56.9 Å². The number of rotatable bonds is 4. The molecule has 0 spiro atoms. The number of amides is 1. The number of hydrogen-bond donors (Lipinski definition) is 1. The highest BCUT2D eigenvalue weighted by molar-refractivity contribution is 6.07. The average molecular weight is 497 g/mol. The SMILES string of the molecule is COc1ccccc1[C@H]1C2=C(C[C@@H](c3ccco3)CC2=O)Nc2ccccc2N1C(=O)C1CCCCC1. The molecule has 0 bridgehead atoms. The zero-order valence-corrected chi connectivity index (χ0v) is 21.1. The van der Waals surface area contributed by atoms with Gasteiger partial charge in [-0.25, -0.2) is 0 Å². The number of Topliss-reactive ketones (excluding diaryl/α,β-unsaturated/α-hetero) is 1. The van der Waals surface area contributed by atoms with Gasteiger partial charge in [-0.1, -0.05) is 49.6 Å². The van der Waals surface area contributed by atoms with Crippen LogP contribution in [0.15, 0.2) is 82.6 Å². The van der Waals surface area contributed by atoms with Gasteiger partial charge in [0.2, 0.25) is 5.91 Å². The number of carbonyl (C=O) groups is 2. The second-order valence-electron chi connectivity index (χ2n) is 10.3. The number of para-hydroxylation sites is 3. The minimum absolute atomic E-state index is 0.0281. The van der Waals surface area contributed by atoms with Crippen molar-refractivity contribution in [1.82, 2.24) is 0 Å². The van der Waals surface area contributed by atoms with E-state index in [-0.39, 0.29) is 23.5 Å². The number of furan rings is 1. The molecule has 37 heavy (non-hydrogen) atoms. The Hall–Kier alpha value is -3.80. The Labute approximate surface area is 217 Å². The predicted octanol–water partition coefficient (Wildman–Crippen LogP) is 6.77. The van der Waals surface area contributed by atoms with E-state index < -0.39 is 6.04 Å². The number of ketones is 1. The number of carbonyl (C=O) groups excluding carboxylic acids is 2. The molecule has 1 aromatic heterocycles. The number of ether oxygens (including phenoxy) is 1. The van der Waals surface area contributed by atoms with Gasteiger partial charge in [-0.15, -0.1) is 0 Å². The van der Waals surface area contributed by atoms with Gasteiger partial charge in [0, 0.05) is 35.1 Å². The van der Waals surface area contributed by atoms with Crippen LogP contribution in [-0.2, 0) is 9.59 Å². The molecule has 2 heterocycles. The highest BCUT2D eigenvalue weighted by Crippen LogP contribution is 2.49. The fourth-order valence-electron chi connectivity index (χ4n) is 6.29. The van der Waals surface area contributed by atoms with E-state index in [0.717, 1.165) is 54.1 Å². The molecule has 3 aliphatic rings. The van der Waals surface area contributed by atoms with Crippen molar-refractivity contribution in [1.29, 1.82) is 0 Å². The highest BCUT2D eigenvalue weighted by Gasteiger charge is 2.44. The lowest BCUT2D eigenvalue weighted by atomic mass is 9.79. The molecular weight excluding hydrogens is 464 g/mol. The fourth-order valence-corrected chi connectivity index (χ4v) is 6.29. The third-order valence-corrected chi connectivity index (χ3v) is 8.06. The largest absolute Gasteiger partial charge is 0.496 e. The summed E-state index contributed by atoms with van der Waals surface area (Å²) >= 11 is 0. The summed E-state index contributed by atoms with van der Waals surface area (Å²) < 4.78 is 11.5. The molecule has 1 saturated carbocycles. The van der Waals surface area contributed by atoms with E-state index in [2.05, 4.69) is 5.32 Å². The van der Waals surface area contributed by atoms with Crippen LogP contribution in [0.25, 0.3) is 0 Å². The maximum atomic E-state index is 14.4. The average Bonchev–Trinajstić information content (AvgIpc) is 3.43. The maximum Gasteiger partial charge on any atom is 0.231 e. The van der Waals surface area contributed by atoms with Gasteiger partial charge in [0.25, 0.3) is 0 Å². The van der Waals surface area contributed by atoms with Crippen LogP contribution in [-0.4, -0.2) is 18.8 Å². The number of nitrogens with zero attached hydrogens (tertiary/aromatic N) is 1. The smallest absolute Gasteiger partial charge is 0.231 e. The second-order valence-corrected chi connectivity index (χ2v) is 10.3. The molecule has 6 heteroatoms. The Morgan fingerprint density at radius 2 is 1.76 bits per heavy atom. The number of hydrogen-bond acceptors (Lipinski definition) is 5. The number of allylic oxidation sites excluding steroid dienone is 1. The maximum absolute atomic E-state index is 14.4. The minimum Gasteiger partial charge on any atom is -0.496 e. The molecule has 1 aliphatic heterocycles. The summed E-state index contributed by atoms with van der Waals surface area (Å²) in [6, 6.07) is 18.9. The third-order valence-electron chi connectivity index (χ3n) is 8.06. The van der Waals surface area contributed by atoms with Crippen molar-refractivity contribution >= 4 is 23.1 Å². The number of anilines is 2. The molecule has 190 valence electrons. The van der Waals surface area contributed by atoms with Crippen LogP contribution >= 0.6 is 0 Å². The van der Waals surface area contributed by atoms with Gasteiger partial charge in [-0.3, -0.25) is 14.5 Å². The van der Waals surface area contributed by atoms with Gasteiger partial charge in [-0.05, 0) is 49.6 Å². The predicted molar refractivity (Wildman–Crippen MR) is 143 cm³/mol. The summed E-state index contributed by atoms with van der Waals surface area (Å²) in [5, 5.41) is 3.59. The van der Waals surface area contributed by atoms with Gasteiger partial charge in [0.1, 0.15) is 11.5 Å². The first-order valence-corrected chi connectivity index (χ1v) is 13.3. The molecule has 1 N–H and O–H groups in total. The van der Waals surface area contributed by atoms with Gasteiger partial charge < -0.3 is 14.5 Å². The van der Waals surface area contributed by atoms with Gasteiger partial charge in [0.05, 0.1) is 30.8 Å². The van der Waals surface area contributed by atoms with Crippen LogP contribution in [0, 0.1) is 5.92 Å². The zero-order valence-electron chi connectivity index (χ0n) is 21.1. The topological polar surface area (TPSA) is 71.8 Å². The molecule has 0 saturated heterocycles. The summed E-state index contributed by atoms with van der Waals surface area (Å²) in [5.41, 5.74) is 3.95. The number of nitrogens with one attached hydrogen (secondary N) is 1. The van der Waals surface area contributed by atoms with Crippen LogP contribution in [0.3, 0.4) is 0 Å². The Bertz CT molecular complexity index is 1340. The van der Waals surface area contributed by atoms with Crippen LogP contribution in [0.5, 0.6) is 5.75 Å². The fraction of sp³-hybridized carbons (Fsp3) is 0.355. The van der Waals surface area contributed by atoms with Crippen molar-refractivity contribution < 1.29 is 18.7 Å². The second kappa shape index (κ2) is 9.92. The van der Waals surface area contributed by atoms with E-state index in [0.29, 0.717) is 24.2 Å². The lowest BCUT2D eigenvalue weighted by molar-refractivity contribution is -0.123. The van der Waals surface area contributed by atoms with Gasteiger partial charge in [0.15, 0.2) is 5.78 Å². The molecule has 3 aromatic rings. The van der Waals surface area contributed by atoms with Crippen LogP contribution in [0.2, 0.25) is 0 Å². The van der Waals surface area contributed by atoms with E-state index in [1.807, 2.05) is 65.6 Å². The molecule has 1 amide bonds. The first-order valence-electron chi connectivity index (χ1n) is 13.3. The molecule has 6 rings (SSSR count). The summed E-state index contributed by atoms with van der Waals surface area (Å²) in [4.78, 5) is 30.3. The first kappa shape index (κ1) is 23.6. The molecule has 2 aliphatic carbocycles. The number of fused-ring (bicyclic) bond motifs is 1. The van der Waals surface area contributed by atoms with Crippen LogP contribution in [0.4, 0.5) is 11.4 Å². The van der Waals surface area contributed by atoms with E-state index in [4.69, 9.17) is 9.15 Å².